The first-order chi connectivity index (χ1) is 14.3. The van der Waals surface area contributed by atoms with Gasteiger partial charge in [0.25, 0.3) is 0 Å². The highest BCUT2D eigenvalue weighted by Crippen LogP contribution is 2.62. The summed E-state index contributed by atoms with van der Waals surface area (Å²) in [6, 6.07) is 5.64. The summed E-state index contributed by atoms with van der Waals surface area (Å²) >= 11 is 0. The molecule has 30 heavy (non-hydrogen) atoms. The predicted molar refractivity (Wildman–Crippen MR) is 112 cm³/mol. The van der Waals surface area contributed by atoms with Crippen molar-refractivity contribution < 1.29 is 14.4 Å². The molecule has 3 heterocycles. The van der Waals surface area contributed by atoms with Crippen molar-refractivity contribution in [1.29, 1.82) is 0 Å². The van der Waals surface area contributed by atoms with E-state index in [0.717, 1.165) is 31.4 Å². The van der Waals surface area contributed by atoms with E-state index in [0.29, 0.717) is 32.6 Å². The van der Waals surface area contributed by atoms with Crippen LogP contribution in [0.2, 0.25) is 0 Å². The number of hydrogen-bond donors (Lipinski definition) is 0. The quantitative estimate of drug-likeness (QED) is 0.756. The van der Waals surface area contributed by atoms with Crippen LogP contribution >= 0.6 is 0 Å². The van der Waals surface area contributed by atoms with Gasteiger partial charge in [-0.25, -0.2) is 0 Å². The van der Waals surface area contributed by atoms with Crippen molar-refractivity contribution in [3.8, 4) is 0 Å². The molecular formula is C23H32N4O3. The van der Waals surface area contributed by atoms with E-state index in [9.17, 15) is 14.4 Å². The lowest BCUT2D eigenvalue weighted by molar-refractivity contribution is -0.142. The first-order valence-electron chi connectivity index (χ1n) is 10.9. The monoisotopic (exact) mass is 412 g/mol. The largest absolute Gasteiger partial charge is 0.348 e. The molecule has 7 heteroatoms. The van der Waals surface area contributed by atoms with E-state index in [1.165, 1.54) is 0 Å². The fourth-order valence-corrected chi connectivity index (χ4v) is 6.17. The third kappa shape index (κ3) is 3.38. The van der Waals surface area contributed by atoms with Crippen LogP contribution in [0.3, 0.4) is 0 Å². The van der Waals surface area contributed by atoms with Gasteiger partial charge in [-0.1, -0.05) is 6.07 Å². The van der Waals surface area contributed by atoms with Gasteiger partial charge in [-0.2, -0.15) is 0 Å². The van der Waals surface area contributed by atoms with E-state index in [2.05, 4.69) is 4.98 Å². The number of likely N-dealkylation sites (tertiary alicyclic amines) is 2. The van der Waals surface area contributed by atoms with Crippen molar-refractivity contribution in [2.75, 3.05) is 40.3 Å². The van der Waals surface area contributed by atoms with Crippen LogP contribution in [0.5, 0.6) is 0 Å². The Bertz CT molecular complexity index is 832. The lowest BCUT2D eigenvalue weighted by Gasteiger charge is -2.44. The summed E-state index contributed by atoms with van der Waals surface area (Å²) in [7, 11) is 3.63. The number of hydrogen-bond acceptors (Lipinski definition) is 4. The van der Waals surface area contributed by atoms with Gasteiger partial charge in [0.15, 0.2) is 0 Å². The SMILES string of the molecule is CC(=O)N1C[C@@H]2C3(CCN(C(=O)Cc4ccccn4)CC3)CC[C@]2(C(=O)N(C)C)C1. The number of carbonyl (C=O) groups is 3. The molecule has 3 fully saturated rings. The fourth-order valence-electron chi connectivity index (χ4n) is 6.17. The minimum atomic E-state index is -0.463. The maximum atomic E-state index is 13.2. The molecule has 1 aliphatic carbocycles. The van der Waals surface area contributed by atoms with Crippen LogP contribution in [-0.4, -0.2) is 77.7 Å². The molecule has 3 aliphatic rings. The minimum absolute atomic E-state index is 0.0393. The summed E-state index contributed by atoms with van der Waals surface area (Å²) in [6.45, 7) is 4.23. The Morgan fingerprint density at radius 1 is 1.10 bits per heavy atom. The molecule has 0 radical (unpaired) electrons. The Balaban J connectivity index is 1.48. The number of aromatic nitrogens is 1. The molecule has 0 N–H and O–H groups in total. The lowest BCUT2D eigenvalue weighted by atomic mass is 9.65. The average molecular weight is 413 g/mol. The van der Waals surface area contributed by atoms with Crippen molar-refractivity contribution in [3.05, 3.63) is 30.1 Å². The molecule has 1 aromatic rings. The van der Waals surface area contributed by atoms with Gasteiger partial charge in [0.2, 0.25) is 17.7 Å². The summed E-state index contributed by atoms with van der Waals surface area (Å²) < 4.78 is 0. The highest BCUT2D eigenvalue weighted by molar-refractivity contribution is 5.86. The number of carbonyl (C=O) groups excluding carboxylic acids is 3. The van der Waals surface area contributed by atoms with Crippen LogP contribution in [0.15, 0.2) is 24.4 Å². The number of piperidine rings is 1. The van der Waals surface area contributed by atoms with Crippen molar-refractivity contribution in [3.63, 3.8) is 0 Å². The van der Waals surface area contributed by atoms with Crippen LogP contribution in [-0.2, 0) is 20.8 Å². The molecule has 2 aliphatic heterocycles. The Morgan fingerprint density at radius 3 is 2.43 bits per heavy atom. The van der Waals surface area contributed by atoms with Crippen LogP contribution in [0.1, 0.15) is 38.3 Å². The van der Waals surface area contributed by atoms with Crippen molar-refractivity contribution >= 4 is 17.7 Å². The normalized spacial score (nSPS) is 27.2. The molecule has 1 saturated carbocycles. The molecule has 7 nitrogen and oxygen atoms in total. The smallest absolute Gasteiger partial charge is 0.230 e. The van der Waals surface area contributed by atoms with Gasteiger partial charge in [-0.15, -0.1) is 0 Å². The molecule has 1 spiro atoms. The van der Waals surface area contributed by atoms with Crippen LogP contribution < -0.4 is 0 Å². The Labute approximate surface area is 178 Å². The number of amides is 3. The van der Waals surface area contributed by atoms with E-state index in [1.807, 2.05) is 42.1 Å². The van der Waals surface area contributed by atoms with Gasteiger partial charge >= 0.3 is 0 Å². The highest BCUT2D eigenvalue weighted by atomic mass is 16.2. The van der Waals surface area contributed by atoms with Crippen LogP contribution in [0.25, 0.3) is 0 Å². The average Bonchev–Trinajstić information content (AvgIpc) is 3.26. The van der Waals surface area contributed by atoms with E-state index in [-0.39, 0.29) is 29.1 Å². The standard InChI is InChI=1S/C23H32N4O3/c1-17(28)27-15-19-22(7-8-23(19,16-27)21(30)25(2)3)9-12-26(13-10-22)20(29)14-18-6-4-5-11-24-18/h4-6,11,19H,7-10,12-16H2,1-3H3/t19-,23+/m1/s1. The van der Waals surface area contributed by atoms with Gasteiger partial charge in [-0.05, 0) is 49.1 Å². The number of pyridine rings is 1. The second-order valence-corrected chi connectivity index (χ2v) is 9.55. The number of rotatable bonds is 3. The molecule has 162 valence electrons. The van der Waals surface area contributed by atoms with Crippen LogP contribution in [0.4, 0.5) is 0 Å². The summed E-state index contributed by atoms with van der Waals surface area (Å²) in [5.74, 6) is 0.501. The first-order valence-corrected chi connectivity index (χ1v) is 10.9. The van der Waals surface area contributed by atoms with Gasteiger partial charge < -0.3 is 14.7 Å². The molecule has 4 rings (SSSR count). The molecule has 2 atom stereocenters. The molecule has 1 aromatic heterocycles. The van der Waals surface area contributed by atoms with Crippen molar-refractivity contribution in [2.45, 2.75) is 39.0 Å². The summed E-state index contributed by atoms with van der Waals surface area (Å²) in [5.41, 5.74) is 0.375. The zero-order valence-electron chi connectivity index (χ0n) is 18.3. The minimum Gasteiger partial charge on any atom is -0.348 e. The van der Waals surface area contributed by atoms with Gasteiger partial charge in [0.05, 0.1) is 11.8 Å². The summed E-state index contributed by atoms with van der Waals surface area (Å²) in [6.07, 6.45) is 5.69. The Morgan fingerprint density at radius 2 is 1.83 bits per heavy atom. The predicted octanol–water partition coefficient (Wildman–Crippen LogP) is 1.58. The van der Waals surface area contributed by atoms with Crippen molar-refractivity contribution in [1.82, 2.24) is 19.7 Å². The van der Waals surface area contributed by atoms with E-state index >= 15 is 0 Å². The van der Waals surface area contributed by atoms with Crippen molar-refractivity contribution in [2.24, 2.45) is 16.7 Å². The Kier molecular flexibility index (Phi) is 5.32. The molecule has 0 bridgehead atoms. The second kappa shape index (κ2) is 7.67. The van der Waals surface area contributed by atoms with E-state index in [4.69, 9.17) is 0 Å². The molecule has 0 aromatic carbocycles. The molecular weight excluding hydrogens is 380 g/mol. The number of fused-ring (bicyclic) bond motifs is 2. The number of nitrogens with zero attached hydrogens (tertiary/aromatic N) is 4. The maximum absolute atomic E-state index is 13.2. The topological polar surface area (TPSA) is 73.8 Å². The maximum Gasteiger partial charge on any atom is 0.230 e. The zero-order valence-corrected chi connectivity index (χ0v) is 18.3. The molecule has 0 unspecified atom stereocenters. The lowest BCUT2D eigenvalue weighted by Crippen LogP contribution is -2.49. The summed E-state index contributed by atoms with van der Waals surface area (Å²) in [4.78, 5) is 47.9. The zero-order chi connectivity index (χ0) is 21.5. The van der Waals surface area contributed by atoms with Gasteiger partial charge in [-0.3, -0.25) is 19.4 Å². The second-order valence-electron chi connectivity index (χ2n) is 9.55. The summed E-state index contributed by atoms with van der Waals surface area (Å²) in [5, 5.41) is 0. The van der Waals surface area contributed by atoms with Gasteiger partial charge in [0, 0.05) is 59.1 Å². The van der Waals surface area contributed by atoms with E-state index < -0.39 is 5.41 Å². The van der Waals surface area contributed by atoms with E-state index in [1.54, 1.807) is 18.0 Å². The molecule has 2 saturated heterocycles. The van der Waals surface area contributed by atoms with Gasteiger partial charge in [0.1, 0.15) is 0 Å². The highest BCUT2D eigenvalue weighted by Gasteiger charge is 2.65. The molecule has 3 amide bonds. The third-order valence-electron chi connectivity index (χ3n) is 7.80. The fraction of sp³-hybridized carbons (Fsp3) is 0.652. The van der Waals surface area contributed by atoms with Crippen LogP contribution in [0, 0.1) is 16.7 Å². The third-order valence-corrected chi connectivity index (χ3v) is 7.80. The first kappa shape index (κ1) is 20.8. The Hall–Kier alpha value is -2.44.